The molecule has 0 saturated carbocycles. The topological polar surface area (TPSA) is 134 Å². The Kier molecular flexibility index (Phi) is 13.5. The Labute approximate surface area is 246 Å². The predicted octanol–water partition coefficient (Wildman–Crippen LogP) is 5.36. The van der Waals surface area contributed by atoms with E-state index in [-0.39, 0.29) is 6.10 Å². The number of nitrogens with two attached hydrogens (primary N) is 3. The number of Topliss-reactive ketones (excluding diaryl/α,β-unsaturated/α-hetero) is 1. The van der Waals surface area contributed by atoms with Gasteiger partial charge in [-0.05, 0) is 94.3 Å². The number of hydrazine groups is 1. The second-order valence-electron chi connectivity index (χ2n) is 11.2. The van der Waals surface area contributed by atoms with Crippen LogP contribution in [-0.2, 0) is 16.0 Å². The predicted molar refractivity (Wildman–Crippen MR) is 166 cm³/mol. The van der Waals surface area contributed by atoms with Crippen LogP contribution in [0.2, 0.25) is 0 Å². The monoisotopic (exact) mass is 566 g/mol. The van der Waals surface area contributed by atoms with Gasteiger partial charge in [0, 0.05) is 29.9 Å². The summed E-state index contributed by atoms with van der Waals surface area (Å²) in [4.78, 5) is 27.6. The molecule has 1 aliphatic heterocycles. The summed E-state index contributed by atoms with van der Waals surface area (Å²) in [5.74, 6) is 7.42. The fourth-order valence-corrected chi connectivity index (χ4v) is 5.11. The Bertz CT molecular complexity index is 1170. The van der Waals surface area contributed by atoms with Crippen molar-refractivity contribution in [2.75, 3.05) is 19.6 Å². The summed E-state index contributed by atoms with van der Waals surface area (Å²) in [6, 6.07) is 13.6. The normalized spacial score (nSPS) is 16.8. The van der Waals surface area contributed by atoms with Gasteiger partial charge in [-0.3, -0.25) is 21.4 Å². The number of carbonyl (C=O) groups excluding carboxylic acids is 2. The average Bonchev–Trinajstić information content (AvgIpc) is 3.34. The van der Waals surface area contributed by atoms with Crippen LogP contribution in [0.25, 0.3) is 5.57 Å². The lowest BCUT2D eigenvalue weighted by Gasteiger charge is -2.19. The van der Waals surface area contributed by atoms with E-state index >= 15 is 0 Å². The second-order valence-corrected chi connectivity index (χ2v) is 11.2. The Morgan fingerprint density at radius 3 is 2.34 bits per heavy atom. The van der Waals surface area contributed by atoms with Crippen LogP contribution >= 0.6 is 0 Å². The molecule has 1 unspecified atom stereocenters. The maximum absolute atomic E-state index is 12.7. The van der Waals surface area contributed by atoms with Crippen molar-refractivity contribution >= 4 is 17.3 Å². The zero-order valence-corrected chi connectivity index (χ0v) is 25.8. The molecule has 1 aliphatic carbocycles. The van der Waals surface area contributed by atoms with Gasteiger partial charge in [-0.25, -0.2) is 4.79 Å². The third-order valence-electron chi connectivity index (χ3n) is 6.94. The fourth-order valence-electron chi connectivity index (χ4n) is 5.11. The Morgan fingerprint density at radius 1 is 1.02 bits per heavy atom. The molecule has 1 saturated heterocycles. The van der Waals surface area contributed by atoms with Gasteiger partial charge in [0.25, 0.3) is 5.78 Å². The molecule has 226 valence electrons. The maximum Gasteiger partial charge on any atom is 0.380 e. The minimum Gasteiger partial charge on any atom is -0.489 e. The van der Waals surface area contributed by atoms with Crippen molar-refractivity contribution in [1.82, 2.24) is 4.90 Å². The van der Waals surface area contributed by atoms with Gasteiger partial charge in [-0.15, -0.1) is 0 Å². The molecule has 4 rings (SSSR count). The summed E-state index contributed by atoms with van der Waals surface area (Å²) in [6.45, 7) is 14.7. The first-order valence-electron chi connectivity index (χ1n) is 14.9. The van der Waals surface area contributed by atoms with Gasteiger partial charge in [0.2, 0.25) is 0 Å². The molecule has 1 heterocycles. The van der Waals surface area contributed by atoms with E-state index in [0.717, 1.165) is 79.0 Å². The van der Waals surface area contributed by atoms with Crippen molar-refractivity contribution in [3.63, 3.8) is 0 Å². The molecule has 6 N–H and O–H groups in total. The Hall–Kier alpha value is -3.20. The third kappa shape index (κ3) is 9.69. The van der Waals surface area contributed by atoms with E-state index in [9.17, 15) is 9.59 Å². The first-order chi connectivity index (χ1) is 19.6. The highest BCUT2D eigenvalue weighted by atomic mass is 16.6. The minimum absolute atomic E-state index is 0.228. The van der Waals surface area contributed by atoms with Crippen molar-refractivity contribution in [2.45, 2.75) is 91.8 Å². The summed E-state index contributed by atoms with van der Waals surface area (Å²) in [5.41, 5.74) is 11.1. The molecule has 1 atom stereocenters. The molecular weight excluding hydrogens is 516 g/mol. The lowest BCUT2D eigenvalue weighted by atomic mass is 9.91. The summed E-state index contributed by atoms with van der Waals surface area (Å²) in [5, 5.41) is 0. The number of esters is 1. The van der Waals surface area contributed by atoms with Crippen LogP contribution in [0.1, 0.15) is 101 Å². The first-order valence-corrected chi connectivity index (χ1v) is 14.9. The Balaban J connectivity index is 0.00000141. The van der Waals surface area contributed by atoms with Crippen LogP contribution < -0.4 is 22.2 Å². The highest BCUT2D eigenvalue weighted by Gasteiger charge is 2.26. The fraction of sp³-hybridized carbons (Fsp3) is 0.515. The van der Waals surface area contributed by atoms with Gasteiger partial charge >= 0.3 is 5.97 Å². The third-order valence-corrected chi connectivity index (χ3v) is 6.94. The summed E-state index contributed by atoms with van der Waals surface area (Å²) in [7, 11) is 0. The van der Waals surface area contributed by atoms with E-state index in [1.807, 2.05) is 38.1 Å². The molecule has 8 nitrogen and oxygen atoms in total. The van der Waals surface area contributed by atoms with Crippen molar-refractivity contribution in [2.24, 2.45) is 17.4 Å². The highest BCUT2D eigenvalue weighted by molar-refractivity contribution is 6.40. The summed E-state index contributed by atoms with van der Waals surface area (Å²) in [6.07, 6.45) is 6.17. The Morgan fingerprint density at radius 2 is 1.71 bits per heavy atom. The van der Waals surface area contributed by atoms with E-state index in [4.69, 9.17) is 15.2 Å². The maximum atomic E-state index is 12.7. The number of likely N-dealkylation sites (tertiary alicyclic amines) is 1. The first kappa shape index (κ1) is 34.0. The van der Waals surface area contributed by atoms with Gasteiger partial charge in [0.05, 0.1) is 0 Å². The molecule has 2 aromatic rings. The number of ketones is 1. The number of carbonyl (C=O) groups is 2. The number of rotatable bonds is 8. The van der Waals surface area contributed by atoms with Crippen molar-refractivity contribution in [3.8, 4) is 5.75 Å². The number of hydrogen-bond donors (Lipinski definition) is 3. The molecule has 0 radical (unpaired) electrons. The minimum atomic E-state index is -0.831. The van der Waals surface area contributed by atoms with Crippen LogP contribution in [0, 0.1) is 0 Å². The standard InChI is InChI=1S/C31H40N2O4.C2H6.H4N2/c1-5-6-17-33-18-16-25(20-33)36-24-13-10-21(11-14-24)28-26-15-12-23(19-22(26)8-7-9-27(28)32)29(34)30(35)37-31(2,3)4;2*1-2/h10-15,19,25H,5-9,16-18,20,32H2,1-4H3;1-2H3;1-2H2. The molecule has 0 aromatic heterocycles. The number of allylic oxidation sites excluding steroid dienone is 1. The molecule has 0 amide bonds. The van der Waals surface area contributed by atoms with Crippen LogP contribution in [0.3, 0.4) is 0 Å². The van der Waals surface area contributed by atoms with E-state index in [2.05, 4.69) is 35.6 Å². The van der Waals surface area contributed by atoms with Gasteiger partial charge in [0.15, 0.2) is 0 Å². The van der Waals surface area contributed by atoms with Crippen molar-refractivity contribution in [3.05, 3.63) is 70.4 Å². The number of fused-ring (bicyclic) bond motifs is 1. The van der Waals surface area contributed by atoms with Gasteiger partial charge < -0.3 is 15.2 Å². The molecular formula is C33H50N4O4. The number of aryl methyl sites for hydroxylation is 1. The number of nitrogens with zero attached hydrogens (tertiary/aromatic N) is 1. The molecule has 2 aromatic carbocycles. The number of hydrogen-bond acceptors (Lipinski definition) is 8. The van der Waals surface area contributed by atoms with Crippen molar-refractivity contribution in [1.29, 1.82) is 0 Å². The second kappa shape index (κ2) is 16.3. The van der Waals surface area contributed by atoms with Crippen LogP contribution in [-0.4, -0.2) is 48.0 Å². The van der Waals surface area contributed by atoms with Crippen molar-refractivity contribution < 1.29 is 19.1 Å². The van der Waals surface area contributed by atoms with E-state index < -0.39 is 17.4 Å². The lowest BCUT2D eigenvalue weighted by molar-refractivity contribution is -0.148. The summed E-state index contributed by atoms with van der Waals surface area (Å²) >= 11 is 0. The molecule has 0 spiro atoms. The van der Waals surface area contributed by atoms with Crippen LogP contribution in [0.4, 0.5) is 0 Å². The molecule has 2 aliphatic rings. The highest BCUT2D eigenvalue weighted by Crippen LogP contribution is 2.35. The van der Waals surface area contributed by atoms with Crippen LogP contribution in [0.15, 0.2) is 48.2 Å². The molecule has 41 heavy (non-hydrogen) atoms. The number of benzene rings is 2. The largest absolute Gasteiger partial charge is 0.489 e. The average molecular weight is 567 g/mol. The summed E-state index contributed by atoms with van der Waals surface area (Å²) < 4.78 is 11.6. The van der Waals surface area contributed by atoms with E-state index in [1.54, 1.807) is 26.8 Å². The zero-order chi connectivity index (χ0) is 30.6. The van der Waals surface area contributed by atoms with Gasteiger partial charge in [-0.1, -0.05) is 51.5 Å². The lowest BCUT2D eigenvalue weighted by Crippen LogP contribution is -2.29. The number of unbranched alkanes of at least 4 members (excludes halogenated alkanes) is 1. The van der Waals surface area contributed by atoms with Gasteiger partial charge in [0.1, 0.15) is 17.5 Å². The smallest absolute Gasteiger partial charge is 0.380 e. The molecule has 0 bridgehead atoms. The molecule has 8 heteroatoms. The SMILES string of the molecule is CC.CCCCN1CCC(Oc2ccc(C3=C(N)CCCc4cc(C(=O)C(=O)OC(C)(C)C)ccc43)cc2)C1.NN. The van der Waals surface area contributed by atoms with E-state index in [0.29, 0.717) is 5.56 Å². The van der Waals surface area contributed by atoms with Crippen LogP contribution in [0.5, 0.6) is 5.75 Å². The van der Waals surface area contributed by atoms with Gasteiger partial charge in [-0.2, -0.15) is 0 Å². The zero-order valence-electron chi connectivity index (χ0n) is 25.8. The number of ether oxygens (including phenoxy) is 2. The van der Waals surface area contributed by atoms with E-state index in [1.165, 1.54) is 12.8 Å². The quantitative estimate of drug-likeness (QED) is 0.128. The molecule has 1 fully saturated rings.